The Kier molecular flexibility index (Phi) is 3.71. The molecule has 0 radical (unpaired) electrons. The number of tetrazole rings is 1. The number of hydrogen-bond donors (Lipinski definition) is 1. The summed E-state index contributed by atoms with van der Waals surface area (Å²) in [5.74, 6) is 0.720. The molecule has 1 heterocycles. The molecule has 2 atom stereocenters. The van der Waals surface area contributed by atoms with Gasteiger partial charge in [0.05, 0.1) is 16.6 Å². The van der Waals surface area contributed by atoms with Crippen molar-refractivity contribution >= 4 is 21.6 Å². The average molecular weight is 338 g/mol. The number of nitrogens with zero attached hydrogens (tertiary/aromatic N) is 4. The first-order chi connectivity index (χ1) is 9.72. The lowest BCUT2D eigenvalue weighted by Crippen LogP contribution is -2.22. The van der Waals surface area contributed by atoms with Crippen molar-refractivity contribution < 1.29 is 4.74 Å². The summed E-state index contributed by atoms with van der Waals surface area (Å²) >= 11 is 3.51. The summed E-state index contributed by atoms with van der Waals surface area (Å²) in [4.78, 5) is 0. The van der Waals surface area contributed by atoms with E-state index in [0.29, 0.717) is 5.69 Å². The van der Waals surface area contributed by atoms with Gasteiger partial charge in [-0.15, -0.1) is 5.10 Å². The molecule has 1 aliphatic rings. The van der Waals surface area contributed by atoms with Crippen LogP contribution in [0.3, 0.4) is 0 Å². The second-order valence-corrected chi connectivity index (χ2v) is 5.72. The molecule has 1 aromatic heterocycles. The molecule has 1 aliphatic carbocycles. The lowest BCUT2D eigenvalue weighted by molar-refractivity contribution is 0.0708. The van der Waals surface area contributed by atoms with Crippen LogP contribution in [-0.4, -0.2) is 33.4 Å². The number of nitrogens with two attached hydrogens (primary N) is 1. The van der Waals surface area contributed by atoms with E-state index in [1.165, 1.54) is 0 Å². The summed E-state index contributed by atoms with van der Waals surface area (Å²) in [6.07, 6.45) is 3.35. The number of rotatable bonds is 3. The number of benzene rings is 1. The average Bonchev–Trinajstić information content (AvgIpc) is 3.09. The topological polar surface area (TPSA) is 78.8 Å². The fraction of sp³-hybridized carbons (Fsp3) is 0.462. The van der Waals surface area contributed by atoms with Crippen molar-refractivity contribution in [3.63, 3.8) is 0 Å². The SMILES string of the molecule is COC1CCCC1n1nnnc1-c1cccc(N)c1Br. The number of aromatic nitrogens is 4. The van der Waals surface area contributed by atoms with Gasteiger partial charge in [0.25, 0.3) is 0 Å². The van der Waals surface area contributed by atoms with Gasteiger partial charge in [0.1, 0.15) is 0 Å². The largest absolute Gasteiger partial charge is 0.398 e. The Morgan fingerprint density at radius 1 is 1.40 bits per heavy atom. The van der Waals surface area contributed by atoms with Crippen LogP contribution in [0.2, 0.25) is 0 Å². The maximum atomic E-state index is 5.93. The Bertz CT molecular complexity index is 615. The highest BCUT2D eigenvalue weighted by Gasteiger charge is 2.32. The van der Waals surface area contributed by atoms with Gasteiger partial charge in [0, 0.05) is 18.4 Å². The smallest absolute Gasteiger partial charge is 0.183 e. The summed E-state index contributed by atoms with van der Waals surface area (Å²) in [6.45, 7) is 0. The van der Waals surface area contributed by atoms with Crippen LogP contribution in [0.15, 0.2) is 22.7 Å². The number of methoxy groups -OCH3 is 1. The third-order valence-corrected chi connectivity index (χ3v) is 4.68. The molecular formula is C13H16BrN5O. The molecule has 1 saturated carbocycles. The monoisotopic (exact) mass is 337 g/mol. The Labute approximate surface area is 125 Å². The summed E-state index contributed by atoms with van der Waals surface area (Å²) in [7, 11) is 1.74. The molecule has 0 spiro atoms. The van der Waals surface area contributed by atoms with Crippen molar-refractivity contribution in [2.24, 2.45) is 0 Å². The second kappa shape index (κ2) is 5.49. The van der Waals surface area contributed by atoms with Crippen LogP contribution in [0, 0.1) is 0 Å². The number of ether oxygens (including phenoxy) is 1. The van der Waals surface area contributed by atoms with E-state index in [-0.39, 0.29) is 12.1 Å². The molecule has 0 bridgehead atoms. The van der Waals surface area contributed by atoms with Gasteiger partial charge in [0.2, 0.25) is 0 Å². The van der Waals surface area contributed by atoms with Crippen molar-refractivity contribution in [3.05, 3.63) is 22.7 Å². The minimum Gasteiger partial charge on any atom is -0.398 e. The van der Waals surface area contributed by atoms with Gasteiger partial charge in [-0.1, -0.05) is 6.07 Å². The molecule has 106 valence electrons. The van der Waals surface area contributed by atoms with Gasteiger partial charge in [-0.2, -0.15) is 0 Å². The van der Waals surface area contributed by atoms with Crippen LogP contribution in [-0.2, 0) is 4.74 Å². The molecule has 20 heavy (non-hydrogen) atoms. The molecule has 0 aliphatic heterocycles. The second-order valence-electron chi connectivity index (χ2n) is 4.93. The minimum atomic E-state index is 0.164. The van der Waals surface area contributed by atoms with Crippen LogP contribution in [0.5, 0.6) is 0 Å². The van der Waals surface area contributed by atoms with Gasteiger partial charge in [-0.05, 0) is 57.8 Å². The van der Waals surface area contributed by atoms with Crippen molar-refractivity contribution in [1.29, 1.82) is 0 Å². The van der Waals surface area contributed by atoms with Crippen LogP contribution in [0.1, 0.15) is 25.3 Å². The number of anilines is 1. The van der Waals surface area contributed by atoms with Gasteiger partial charge in [0.15, 0.2) is 5.82 Å². The highest BCUT2D eigenvalue weighted by Crippen LogP contribution is 2.36. The molecular weight excluding hydrogens is 322 g/mol. The summed E-state index contributed by atoms with van der Waals surface area (Å²) in [6, 6.07) is 5.88. The highest BCUT2D eigenvalue weighted by molar-refractivity contribution is 9.10. The van der Waals surface area contributed by atoms with E-state index in [1.54, 1.807) is 7.11 Å². The summed E-state index contributed by atoms with van der Waals surface area (Å²) in [5, 5.41) is 12.1. The first-order valence-corrected chi connectivity index (χ1v) is 7.36. The third-order valence-electron chi connectivity index (χ3n) is 3.80. The van der Waals surface area contributed by atoms with Crippen molar-refractivity contribution in [3.8, 4) is 11.4 Å². The molecule has 6 nitrogen and oxygen atoms in total. The lowest BCUT2D eigenvalue weighted by atomic mass is 10.1. The molecule has 1 fully saturated rings. The maximum Gasteiger partial charge on any atom is 0.183 e. The molecule has 2 aromatic rings. The first-order valence-electron chi connectivity index (χ1n) is 6.57. The molecule has 7 heteroatoms. The normalized spacial score (nSPS) is 22.3. The molecule has 1 aromatic carbocycles. The summed E-state index contributed by atoms with van der Waals surface area (Å²) in [5.41, 5.74) is 7.51. The van der Waals surface area contributed by atoms with E-state index < -0.39 is 0 Å². The number of hydrogen-bond acceptors (Lipinski definition) is 5. The zero-order valence-corrected chi connectivity index (χ0v) is 12.7. The Morgan fingerprint density at radius 3 is 3.05 bits per heavy atom. The molecule has 2 N–H and O–H groups in total. The Morgan fingerprint density at radius 2 is 2.25 bits per heavy atom. The van der Waals surface area contributed by atoms with Gasteiger partial charge < -0.3 is 10.5 Å². The molecule has 2 unspecified atom stereocenters. The van der Waals surface area contributed by atoms with E-state index in [1.807, 2.05) is 22.9 Å². The summed E-state index contributed by atoms with van der Waals surface area (Å²) < 4.78 is 8.22. The van der Waals surface area contributed by atoms with E-state index in [9.17, 15) is 0 Å². The highest BCUT2D eigenvalue weighted by atomic mass is 79.9. The fourth-order valence-electron chi connectivity index (χ4n) is 2.78. The van der Waals surface area contributed by atoms with Crippen LogP contribution < -0.4 is 5.73 Å². The van der Waals surface area contributed by atoms with Crippen molar-refractivity contribution in [2.45, 2.75) is 31.4 Å². The van der Waals surface area contributed by atoms with E-state index in [4.69, 9.17) is 10.5 Å². The van der Waals surface area contributed by atoms with Crippen LogP contribution in [0.4, 0.5) is 5.69 Å². The van der Waals surface area contributed by atoms with Crippen LogP contribution >= 0.6 is 15.9 Å². The molecule has 0 amide bonds. The zero-order chi connectivity index (χ0) is 14.1. The van der Waals surface area contributed by atoms with Crippen molar-refractivity contribution in [2.75, 3.05) is 12.8 Å². The zero-order valence-electron chi connectivity index (χ0n) is 11.2. The first kappa shape index (κ1) is 13.5. The number of halogens is 1. The van der Waals surface area contributed by atoms with E-state index >= 15 is 0 Å². The predicted molar refractivity (Wildman–Crippen MR) is 79.1 cm³/mol. The third kappa shape index (κ3) is 2.20. The molecule has 3 rings (SSSR count). The van der Waals surface area contributed by atoms with E-state index in [2.05, 4.69) is 31.5 Å². The van der Waals surface area contributed by atoms with Gasteiger partial charge in [-0.25, -0.2) is 4.68 Å². The number of nitrogen functional groups attached to an aromatic ring is 1. The van der Waals surface area contributed by atoms with Crippen LogP contribution in [0.25, 0.3) is 11.4 Å². The van der Waals surface area contributed by atoms with Gasteiger partial charge in [-0.3, -0.25) is 0 Å². The quantitative estimate of drug-likeness (QED) is 0.870. The lowest BCUT2D eigenvalue weighted by Gasteiger charge is -2.19. The van der Waals surface area contributed by atoms with Crippen molar-refractivity contribution in [1.82, 2.24) is 20.2 Å². The minimum absolute atomic E-state index is 0.164. The predicted octanol–water partition coefficient (Wildman–Crippen LogP) is 2.42. The van der Waals surface area contributed by atoms with E-state index in [0.717, 1.165) is 35.1 Å². The van der Waals surface area contributed by atoms with Gasteiger partial charge >= 0.3 is 0 Å². The maximum absolute atomic E-state index is 5.93. The Balaban J connectivity index is 2.04. The fourth-order valence-corrected chi connectivity index (χ4v) is 3.22. The standard InChI is InChI=1S/C13H16BrN5O/c1-20-11-7-3-6-10(11)19-13(16-17-18-19)8-4-2-5-9(15)12(8)14/h2,4-5,10-11H,3,6-7,15H2,1H3. The Hall–Kier alpha value is -1.47. The molecule has 0 saturated heterocycles.